The lowest BCUT2D eigenvalue weighted by atomic mass is 10.1. The molecule has 0 spiro atoms. The first kappa shape index (κ1) is 26.9. The number of likely N-dealkylation sites (N-methyl/N-ethyl adjacent to an activating group) is 1. The van der Waals surface area contributed by atoms with Gasteiger partial charge in [-0.1, -0.05) is 60.2 Å². The average Bonchev–Trinajstić information content (AvgIpc) is 2.86. The second kappa shape index (κ2) is 11.8. The first-order valence-electron chi connectivity index (χ1n) is 11.6. The lowest BCUT2D eigenvalue weighted by Crippen LogP contribution is -2.51. The summed E-state index contributed by atoms with van der Waals surface area (Å²) in [7, 11) is -4.30. The summed E-state index contributed by atoms with van der Waals surface area (Å²) in [5.41, 5.74) is 1.50. The largest absolute Gasteiger partial charge is 0.355 e. The minimum Gasteiger partial charge on any atom is -0.355 e. The van der Waals surface area contributed by atoms with Gasteiger partial charge in [-0.3, -0.25) is 13.9 Å². The van der Waals surface area contributed by atoms with Gasteiger partial charge in [-0.25, -0.2) is 12.8 Å². The predicted molar refractivity (Wildman–Crippen MR) is 137 cm³/mol. The number of sulfonamides is 1. The number of nitrogens with one attached hydrogen (secondary N) is 1. The molecule has 7 nitrogen and oxygen atoms in total. The number of anilines is 1. The zero-order chi connectivity index (χ0) is 26.3. The third kappa shape index (κ3) is 6.28. The van der Waals surface area contributed by atoms with E-state index in [0.29, 0.717) is 6.54 Å². The number of aryl methyl sites for hydroxylation is 1. The van der Waals surface area contributed by atoms with Crippen LogP contribution in [0.2, 0.25) is 0 Å². The summed E-state index contributed by atoms with van der Waals surface area (Å²) < 4.78 is 42.7. The second-order valence-corrected chi connectivity index (χ2v) is 10.2. The topological polar surface area (TPSA) is 86.8 Å². The molecule has 0 bridgehead atoms. The van der Waals surface area contributed by atoms with E-state index in [0.717, 1.165) is 21.5 Å². The lowest BCUT2D eigenvalue weighted by Gasteiger charge is -2.32. The SMILES string of the molecule is CCNC(=O)[C@@H](C)N(Cc1cccc(C)c1)C(=O)CN(c1ccccc1F)S(=O)(=O)c1ccccc1. The van der Waals surface area contributed by atoms with Crippen LogP contribution in [0.3, 0.4) is 0 Å². The molecule has 1 atom stereocenters. The van der Waals surface area contributed by atoms with Gasteiger partial charge in [-0.15, -0.1) is 0 Å². The van der Waals surface area contributed by atoms with E-state index in [2.05, 4.69) is 5.32 Å². The summed E-state index contributed by atoms with van der Waals surface area (Å²) in [5.74, 6) is -1.80. The number of para-hydroxylation sites is 1. The van der Waals surface area contributed by atoms with Crippen LogP contribution in [-0.2, 0) is 26.2 Å². The number of rotatable bonds is 10. The molecule has 1 N–H and O–H groups in total. The summed E-state index contributed by atoms with van der Waals surface area (Å²) in [6, 6.07) is 19.5. The Kier molecular flexibility index (Phi) is 8.82. The Hall–Kier alpha value is -3.72. The van der Waals surface area contributed by atoms with E-state index in [1.165, 1.54) is 35.2 Å². The molecule has 0 aliphatic rings. The van der Waals surface area contributed by atoms with Crippen molar-refractivity contribution >= 4 is 27.5 Å². The van der Waals surface area contributed by atoms with Crippen molar-refractivity contribution in [2.24, 2.45) is 0 Å². The van der Waals surface area contributed by atoms with Gasteiger partial charge < -0.3 is 10.2 Å². The number of halogens is 1. The Labute approximate surface area is 211 Å². The summed E-state index contributed by atoms with van der Waals surface area (Å²) in [5, 5.41) is 2.70. The fourth-order valence-corrected chi connectivity index (χ4v) is 5.24. The van der Waals surface area contributed by atoms with Gasteiger partial charge in [0, 0.05) is 13.1 Å². The van der Waals surface area contributed by atoms with Gasteiger partial charge in [0.05, 0.1) is 10.6 Å². The van der Waals surface area contributed by atoms with Crippen LogP contribution in [0.15, 0.2) is 83.8 Å². The normalized spacial score (nSPS) is 12.0. The molecule has 0 aromatic heterocycles. The number of carbonyl (C=O) groups is 2. The zero-order valence-electron chi connectivity index (χ0n) is 20.5. The molecule has 0 saturated carbocycles. The highest BCUT2D eigenvalue weighted by Gasteiger charge is 2.33. The minimum atomic E-state index is -4.30. The molecule has 0 fully saturated rings. The summed E-state index contributed by atoms with van der Waals surface area (Å²) in [6.07, 6.45) is 0. The maximum absolute atomic E-state index is 14.8. The number of hydrogen-bond acceptors (Lipinski definition) is 4. The number of carbonyl (C=O) groups excluding carboxylic acids is 2. The van der Waals surface area contributed by atoms with Crippen LogP contribution in [0.1, 0.15) is 25.0 Å². The summed E-state index contributed by atoms with van der Waals surface area (Å²) in [4.78, 5) is 27.6. The van der Waals surface area contributed by atoms with Gasteiger partial charge >= 0.3 is 0 Å². The van der Waals surface area contributed by atoms with E-state index < -0.39 is 34.3 Å². The smallest absolute Gasteiger partial charge is 0.264 e. The highest BCUT2D eigenvalue weighted by Crippen LogP contribution is 2.26. The van der Waals surface area contributed by atoms with Crippen LogP contribution in [0.5, 0.6) is 0 Å². The highest BCUT2D eigenvalue weighted by atomic mass is 32.2. The van der Waals surface area contributed by atoms with Crippen LogP contribution in [0, 0.1) is 12.7 Å². The van der Waals surface area contributed by atoms with E-state index in [1.807, 2.05) is 31.2 Å². The molecular formula is C27H30FN3O4S. The summed E-state index contributed by atoms with van der Waals surface area (Å²) in [6.45, 7) is 5.03. The first-order valence-corrected chi connectivity index (χ1v) is 13.0. The minimum absolute atomic E-state index is 0.0787. The van der Waals surface area contributed by atoms with E-state index >= 15 is 0 Å². The average molecular weight is 512 g/mol. The van der Waals surface area contributed by atoms with E-state index in [-0.39, 0.29) is 23.0 Å². The Bertz CT molecular complexity index is 1320. The van der Waals surface area contributed by atoms with E-state index in [4.69, 9.17) is 0 Å². The van der Waals surface area contributed by atoms with Crippen LogP contribution in [0.25, 0.3) is 0 Å². The van der Waals surface area contributed by atoms with Gasteiger partial charge in [-0.05, 0) is 50.6 Å². The highest BCUT2D eigenvalue weighted by molar-refractivity contribution is 7.92. The van der Waals surface area contributed by atoms with Crippen molar-refractivity contribution in [2.75, 3.05) is 17.4 Å². The van der Waals surface area contributed by atoms with Crippen molar-refractivity contribution in [1.29, 1.82) is 0 Å². The Balaban J connectivity index is 2.03. The van der Waals surface area contributed by atoms with E-state index in [9.17, 15) is 22.4 Å². The van der Waals surface area contributed by atoms with Crippen molar-refractivity contribution < 1.29 is 22.4 Å². The molecule has 9 heteroatoms. The second-order valence-electron chi connectivity index (χ2n) is 8.36. The zero-order valence-corrected chi connectivity index (χ0v) is 21.3. The van der Waals surface area contributed by atoms with Crippen molar-refractivity contribution in [3.8, 4) is 0 Å². The summed E-state index contributed by atoms with van der Waals surface area (Å²) >= 11 is 0. The Morgan fingerprint density at radius 2 is 1.64 bits per heavy atom. The molecule has 0 radical (unpaired) electrons. The fourth-order valence-electron chi connectivity index (χ4n) is 3.80. The first-order chi connectivity index (χ1) is 17.1. The molecule has 0 heterocycles. The molecule has 0 saturated heterocycles. The third-order valence-electron chi connectivity index (χ3n) is 5.68. The molecule has 0 aliphatic carbocycles. The molecule has 190 valence electrons. The monoisotopic (exact) mass is 511 g/mol. The molecule has 3 aromatic rings. The van der Waals surface area contributed by atoms with Gasteiger partial charge in [0.2, 0.25) is 11.8 Å². The third-order valence-corrected chi connectivity index (χ3v) is 7.46. The van der Waals surface area contributed by atoms with Gasteiger partial charge in [0.15, 0.2) is 0 Å². The van der Waals surface area contributed by atoms with Crippen molar-refractivity contribution in [2.45, 2.75) is 38.3 Å². The molecule has 36 heavy (non-hydrogen) atoms. The number of hydrogen-bond donors (Lipinski definition) is 1. The molecular weight excluding hydrogens is 481 g/mol. The maximum Gasteiger partial charge on any atom is 0.264 e. The molecule has 3 rings (SSSR count). The Morgan fingerprint density at radius 3 is 2.28 bits per heavy atom. The van der Waals surface area contributed by atoms with Crippen molar-refractivity contribution in [3.05, 3.63) is 95.8 Å². The van der Waals surface area contributed by atoms with Crippen molar-refractivity contribution in [1.82, 2.24) is 10.2 Å². The number of nitrogens with zero attached hydrogens (tertiary/aromatic N) is 2. The molecule has 3 aromatic carbocycles. The molecule has 2 amide bonds. The van der Waals surface area contributed by atoms with Crippen LogP contribution < -0.4 is 9.62 Å². The molecule has 0 unspecified atom stereocenters. The van der Waals surface area contributed by atoms with Crippen LogP contribution in [0.4, 0.5) is 10.1 Å². The van der Waals surface area contributed by atoms with Crippen LogP contribution in [-0.4, -0.2) is 44.3 Å². The quantitative estimate of drug-likeness (QED) is 0.448. The standard InChI is InChI=1S/C27H30FN3O4S/c1-4-29-27(33)21(3)30(18-22-12-10-11-20(2)17-22)26(32)19-31(25-16-9-8-15-24(25)28)36(34,35)23-13-6-5-7-14-23/h5-17,21H,4,18-19H2,1-3H3,(H,29,33)/t21-/m1/s1. The predicted octanol–water partition coefficient (Wildman–Crippen LogP) is 3.88. The van der Waals surface area contributed by atoms with Gasteiger partial charge in [-0.2, -0.15) is 0 Å². The van der Waals surface area contributed by atoms with E-state index in [1.54, 1.807) is 32.0 Å². The number of amides is 2. The van der Waals surface area contributed by atoms with Crippen molar-refractivity contribution in [3.63, 3.8) is 0 Å². The van der Waals surface area contributed by atoms with Gasteiger partial charge in [0.25, 0.3) is 10.0 Å². The fraction of sp³-hybridized carbons (Fsp3) is 0.259. The van der Waals surface area contributed by atoms with Crippen LogP contribution >= 0.6 is 0 Å². The lowest BCUT2D eigenvalue weighted by molar-refractivity contribution is -0.139. The van der Waals surface area contributed by atoms with Gasteiger partial charge in [0.1, 0.15) is 18.4 Å². The molecule has 0 aliphatic heterocycles. The maximum atomic E-state index is 14.8. The number of benzene rings is 3. The Morgan fingerprint density at radius 1 is 0.972 bits per heavy atom.